The van der Waals surface area contributed by atoms with Crippen molar-refractivity contribution in [3.8, 4) is 0 Å². The van der Waals surface area contributed by atoms with Crippen molar-refractivity contribution >= 4 is 0 Å². The first kappa shape index (κ1) is 15.4. The highest BCUT2D eigenvalue weighted by Crippen LogP contribution is 2.28. The van der Waals surface area contributed by atoms with Gasteiger partial charge in [0.2, 0.25) is 0 Å². The summed E-state index contributed by atoms with van der Waals surface area (Å²) < 4.78 is 26.8. The zero-order valence-electron chi connectivity index (χ0n) is 11.9. The van der Waals surface area contributed by atoms with E-state index in [1.807, 2.05) is 0 Å². The highest BCUT2D eigenvalue weighted by molar-refractivity contribution is 5.19. The third-order valence-electron chi connectivity index (χ3n) is 4.36. The Bertz CT molecular complexity index is 417. The molecule has 1 aliphatic carbocycles. The predicted molar refractivity (Wildman–Crippen MR) is 77.0 cm³/mol. The Kier molecular flexibility index (Phi) is 5.92. The molecule has 2 rings (SSSR count). The zero-order chi connectivity index (χ0) is 14.4. The van der Waals surface area contributed by atoms with Gasteiger partial charge in [0.15, 0.2) is 0 Å². The summed E-state index contributed by atoms with van der Waals surface area (Å²) in [6.07, 6.45) is 9.06. The number of benzene rings is 1. The van der Waals surface area contributed by atoms with E-state index in [0.29, 0.717) is 12.0 Å². The molecule has 1 aromatic rings. The number of halogens is 2. The third-order valence-corrected chi connectivity index (χ3v) is 4.36. The lowest BCUT2D eigenvalue weighted by atomic mass is 9.84. The Labute approximate surface area is 119 Å². The highest BCUT2D eigenvalue weighted by Gasteiger charge is 2.17. The van der Waals surface area contributed by atoms with Gasteiger partial charge in [-0.25, -0.2) is 8.78 Å². The quantitative estimate of drug-likeness (QED) is 0.617. The van der Waals surface area contributed by atoms with Crippen molar-refractivity contribution < 1.29 is 8.78 Å². The van der Waals surface area contributed by atoms with Crippen LogP contribution < -0.4 is 11.3 Å². The van der Waals surface area contributed by atoms with E-state index in [9.17, 15) is 8.78 Å². The zero-order valence-corrected chi connectivity index (χ0v) is 11.9. The molecule has 3 N–H and O–H groups in total. The van der Waals surface area contributed by atoms with E-state index >= 15 is 0 Å². The molecule has 4 heteroatoms. The molecule has 1 unspecified atom stereocenters. The van der Waals surface area contributed by atoms with Crippen LogP contribution in [0, 0.1) is 17.6 Å². The second-order valence-electron chi connectivity index (χ2n) is 5.88. The summed E-state index contributed by atoms with van der Waals surface area (Å²) in [5.74, 6) is 5.58. The van der Waals surface area contributed by atoms with Crippen LogP contribution in [-0.2, 0) is 6.42 Å². The maximum absolute atomic E-state index is 13.6. The normalized spacial score (nSPS) is 18.1. The first-order valence-electron chi connectivity index (χ1n) is 7.59. The van der Waals surface area contributed by atoms with Gasteiger partial charge in [-0.15, -0.1) is 0 Å². The average molecular weight is 282 g/mol. The summed E-state index contributed by atoms with van der Waals surface area (Å²) in [7, 11) is 0. The van der Waals surface area contributed by atoms with Gasteiger partial charge in [0.25, 0.3) is 0 Å². The molecule has 0 spiro atoms. The minimum atomic E-state index is -0.399. The monoisotopic (exact) mass is 282 g/mol. The SMILES string of the molecule is NNC(CCC1CCCCC1)Cc1cc(F)ccc1F. The lowest BCUT2D eigenvalue weighted by Gasteiger charge is -2.24. The second kappa shape index (κ2) is 7.70. The van der Waals surface area contributed by atoms with Crippen LogP contribution in [0.3, 0.4) is 0 Å². The molecule has 0 aromatic heterocycles. The molecule has 0 heterocycles. The van der Waals surface area contributed by atoms with Crippen molar-refractivity contribution in [2.45, 2.75) is 57.4 Å². The molecule has 1 saturated carbocycles. The maximum atomic E-state index is 13.6. The summed E-state index contributed by atoms with van der Waals surface area (Å²) in [5.41, 5.74) is 3.15. The summed E-state index contributed by atoms with van der Waals surface area (Å²) in [6, 6.07) is 3.60. The third kappa shape index (κ3) is 4.53. The standard InChI is InChI=1S/C16H24F2N2/c17-14-7-9-16(18)13(10-14)11-15(20-19)8-6-12-4-2-1-3-5-12/h7,9-10,12,15,20H,1-6,8,11,19H2. The number of hydrogen-bond acceptors (Lipinski definition) is 2. The van der Waals surface area contributed by atoms with Crippen molar-refractivity contribution in [2.75, 3.05) is 0 Å². The van der Waals surface area contributed by atoms with E-state index in [4.69, 9.17) is 5.84 Å². The topological polar surface area (TPSA) is 38.0 Å². The Morgan fingerprint density at radius 1 is 1.20 bits per heavy atom. The van der Waals surface area contributed by atoms with E-state index in [-0.39, 0.29) is 11.9 Å². The van der Waals surface area contributed by atoms with Gasteiger partial charge >= 0.3 is 0 Å². The van der Waals surface area contributed by atoms with Crippen LogP contribution in [0.1, 0.15) is 50.5 Å². The average Bonchev–Trinajstić information content (AvgIpc) is 2.48. The smallest absolute Gasteiger partial charge is 0.126 e. The first-order valence-corrected chi connectivity index (χ1v) is 7.59. The van der Waals surface area contributed by atoms with Crippen LogP contribution in [0.15, 0.2) is 18.2 Å². The van der Waals surface area contributed by atoms with Crippen LogP contribution in [0.25, 0.3) is 0 Å². The fourth-order valence-electron chi connectivity index (χ4n) is 3.12. The van der Waals surface area contributed by atoms with Gasteiger partial charge in [-0.05, 0) is 48.9 Å². The molecule has 0 amide bonds. The molecule has 112 valence electrons. The summed E-state index contributed by atoms with van der Waals surface area (Å²) >= 11 is 0. The van der Waals surface area contributed by atoms with Gasteiger partial charge in [0.1, 0.15) is 11.6 Å². The van der Waals surface area contributed by atoms with Crippen LogP contribution in [0.4, 0.5) is 8.78 Å². The fraction of sp³-hybridized carbons (Fsp3) is 0.625. The number of nitrogens with two attached hydrogens (primary N) is 1. The minimum Gasteiger partial charge on any atom is -0.271 e. The second-order valence-corrected chi connectivity index (χ2v) is 5.88. The highest BCUT2D eigenvalue weighted by atomic mass is 19.1. The van der Waals surface area contributed by atoms with Crippen molar-refractivity contribution in [3.63, 3.8) is 0 Å². The predicted octanol–water partition coefficient (Wildman–Crippen LogP) is 3.70. The van der Waals surface area contributed by atoms with E-state index in [2.05, 4.69) is 5.43 Å². The van der Waals surface area contributed by atoms with Gasteiger partial charge in [0, 0.05) is 6.04 Å². The number of hydrazine groups is 1. The van der Waals surface area contributed by atoms with Crippen molar-refractivity contribution in [1.82, 2.24) is 5.43 Å². The van der Waals surface area contributed by atoms with Crippen molar-refractivity contribution in [3.05, 3.63) is 35.4 Å². The van der Waals surface area contributed by atoms with Crippen molar-refractivity contribution in [1.29, 1.82) is 0 Å². The molecular formula is C16H24F2N2. The Balaban J connectivity index is 1.86. The molecular weight excluding hydrogens is 258 g/mol. The van der Waals surface area contributed by atoms with Gasteiger partial charge in [-0.2, -0.15) is 0 Å². The molecule has 2 nitrogen and oxygen atoms in total. The lowest BCUT2D eigenvalue weighted by molar-refractivity contribution is 0.312. The van der Waals surface area contributed by atoms with E-state index in [0.717, 1.165) is 24.8 Å². The molecule has 1 fully saturated rings. The number of hydrogen-bond donors (Lipinski definition) is 2. The Morgan fingerprint density at radius 2 is 1.95 bits per heavy atom. The molecule has 1 aliphatic rings. The molecule has 0 bridgehead atoms. The van der Waals surface area contributed by atoms with Crippen LogP contribution in [0.5, 0.6) is 0 Å². The molecule has 1 aromatic carbocycles. The molecule has 1 atom stereocenters. The summed E-state index contributed by atoms with van der Waals surface area (Å²) in [5, 5.41) is 0. The number of nitrogens with one attached hydrogen (secondary N) is 1. The summed E-state index contributed by atoms with van der Waals surface area (Å²) in [6.45, 7) is 0. The van der Waals surface area contributed by atoms with Gasteiger partial charge < -0.3 is 0 Å². The largest absolute Gasteiger partial charge is 0.271 e. The van der Waals surface area contributed by atoms with E-state index in [1.165, 1.54) is 44.2 Å². The Morgan fingerprint density at radius 3 is 2.65 bits per heavy atom. The van der Waals surface area contributed by atoms with Gasteiger partial charge in [-0.3, -0.25) is 11.3 Å². The molecule has 20 heavy (non-hydrogen) atoms. The van der Waals surface area contributed by atoms with Crippen LogP contribution in [-0.4, -0.2) is 6.04 Å². The van der Waals surface area contributed by atoms with Crippen LogP contribution >= 0.6 is 0 Å². The van der Waals surface area contributed by atoms with Gasteiger partial charge in [0.05, 0.1) is 0 Å². The molecule has 0 aliphatic heterocycles. The van der Waals surface area contributed by atoms with Crippen molar-refractivity contribution in [2.24, 2.45) is 11.8 Å². The van der Waals surface area contributed by atoms with E-state index in [1.54, 1.807) is 0 Å². The summed E-state index contributed by atoms with van der Waals surface area (Å²) in [4.78, 5) is 0. The lowest BCUT2D eigenvalue weighted by Crippen LogP contribution is -2.37. The van der Waals surface area contributed by atoms with E-state index < -0.39 is 5.82 Å². The number of rotatable bonds is 6. The molecule has 0 radical (unpaired) electrons. The molecule has 0 saturated heterocycles. The van der Waals surface area contributed by atoms with Crippen LogP contribution in [0.2, 0.25) is 0 Å². The van der Waals surface area contributed by atoms with Gasteiger partial charge in [-0.1, -0.05) is 32.1 Å². The Hall–Kier alpha value is -1.00. The minimum absolute atomic E-state index is 0.00762. The fourth-order valence-corrected chi connectivity index (χ4v) is 3.12. The first-order chi connectivity index (χ1) is 9.69. The maximum Gasteiger partial charge on any atom is 0.126 e.